The Morgan fingerprint density at radius 3 is 1.71 bits per heavy atom. The topological polar surface area (TPSA) is 13.1 Å². The van der Waals surface area contributed by atoms with E-state index in [0.29, 0.717) is 22.3 Å². The smallest absolute Gasteiger partial charge is 0.135 e. The normalized spacial score (nSPS) is 15.7. The van der Waals surface area contributed by atoms with Crippen molar-refractivity contribution in [2.24, 2.45) is 0 Å². The van der Waals surface area contributed by atoms with Gasteiger partial charge in [-0.2, -0.15) is 0 Å². The quantitative estimate of drug-likeness (QED) is 0.179. The van der Waals surface area contributed by atoms with Crippen LogP contribution in [0.3, 0.4) is 0 Å². The first-order valence-electron chi connectivity index (χ1n) is 20.1. The average molecular weight is 621 g/mol. The highest BCUT2D eigenvalue weighted by Gasteiger charge is 2.35. The van der Waals surface area contributed by atoms with Crippen LogP contribution in [0.25, 0.3) is 88.0 Å². The second kappa shape index (κ2) is 10.0. The Morgan fingerprint density at radius 1 is 0.438 bits per heavy atom. The van der Waals surface area contributed by atoms with Gasteiger partial charge in [0.1, 0.15) is 11.2 Å². The van der Waals surface area contributed by atoms with Gasteiger partial charge in [0.25, 0.3) is 0 Å². The van der Waals surface area contributed by atoms with Crippen molar-refractivity contribution in [1.82, 2.24) is 0 Å². The Kier molecular flexibility index (Phi) is 4.25. The molecule has 8 aromatic carbocycles. The number of para-hydroxylation sites is 1. The molecule has 0 spiro atoms. The van der Waals surface area contributed by atoms with Crippen LogP contribution in [0.4, 0.5) is 0 Å². The molecule has 226 valence electrons. The molecule has 0 saturated carbocycles. The van der Waals surface area contributed by atoms with Gasteiger partial charge in [-0.05, 0) is 101 Å². The Morgan fingerprint density at radius 2 is 0.979 bits per heavy atom. The van der Waals surface area contributed by atoms with E-state index in [1.165, 1.54) is 5.56 Å². The van der Waals surface area contributed by atoms with Crippen molar-refractivity contribution >= 4 is 43.5 Å². The van der Waals surface area contributed by atoms with Crippen molar-refractivity contribution in [1.29, 1.82) is 0 Å². The molecule has 1 heterocycles. The fraction of sp³-hybridized carbons (Fsp3) is 0.0638. The zero-order valence-corrected chi connectivity index (χ0v) is 26.3. The first-order chi connectivity index (χ1) is 26.9. The number of rotatable bonds is 3. The summed E-state index contributed by atoms with van der Waals surface area (Å²) < 4.78 is 78.8. The van der Waals surface area contributed by atoms with Crippen molar-refractivity contribution in [2.75, 3.05) is 0 Å². The van der Waals surface area contributed by atoms with Crippen LogP contribution in [-0.2, 0) is 5.41 Å². The van der Waals surface area contributed by atoms with Crippen LogP contribution >= 0.6 is 0 Å². The molecular weight excluding hydrogens is 581 g/mol. The highest BCUT2D eigenvalue weighted by Crippen LogP contribution is 2.51. The Hall–Kier alpha value is -5.92. The molecule has 0 N–H and O–H groups in total. The van der Waals surface area contributed by atoms with Gasteiger partial charge >= 0.3 is 0 Å². The van der Waals surface area contributed by atoms with E-state index in [1.54, 1.807) is 0 Å². The Bertz CT molecular complexity index is 3110. The molecule has 0 amide bonds. The number of hydrogen-bond acceptors (Lipinski definition) is 1. The second-order valence-corrected chi connectivity index (χ2v) is 13.1. The zero-order valence-electron chi connectivity index (χ0n) is 34.3. The van der Waals surface area contributed by atoms with Gasteiger partial charge in [0.15, 0.2) is 0 Å². The first kappa shape index (κ1) is 20.3. The van der Waals surface area contributed by atoms with Crippen molar-refractivity contribution in [3.05, 3.63) is 169 Å². The second-order valence-electron chi connectivity index (χ2n) is 13.1. The minimum atomic E-state index is -0.420. The molecule has 0 unspecified atom stereocenters. The van der Waals surface area contributed by atoms with Crippen LogP contribution in [0.5, 0.6) is 0 Å². The predicted molar refractivity (Wildman–Crippen MR) is 203 cm³/mol. The van der Waals surface area contributed by atoms with Crippen molar-refractivity contribution in [2.45, 2.75) is 19.3 Å². The van der Waals surface area contributed by atoms with E-state index < -0.39 is 24.2 Å². The van der Waals surface area contributed by atoms with Gasteiger partial charge in [-0.3, -0.25) is 0 Å². The highest BCUT2D eigenvalue weighted by molar-refractivity contribution is 6.21. The molecule has 0 radical (unpaired) electrons. The SMILES string of the molecule is [2H]c1c([2H])c([2H])c2c(-c3ccc4c(c3)-c3ccccc3C4(C)C)c3c([2H])c([2H])c([2H])c([2H])c3c(-c3ccc(-c4ccc5oc6ccccc6c5c4)cc3)c2c1[2H]. The molecule has 0 saturated heterocycles. The summed E-state index contributed by atoms with van der Waals surface area (Å²) in [4.78, 5) is 0. The van der Waals surface area contributed by atoms with E-state index in [4.69, 9.17) is 9.90 Å². The van der Waals surface area contributed by atoms with E-state index in [0.717, 1.165) is 49.8 Å². The van der Waals surface area contributed by atoms with Crippen molar-refractivity contribution in [3.8, 4) is 44.5 Å². The maximum atomic E-state index is 9.37. The maximum absolute atomic E-state index is 9.37. The summed E-state index contributed by atoms with van der Waals surface area (Å²) in [6.07, 6.45) is 0. The van der Waals surface area contributed by atoms with Crippen LogP contribution in [0.15, 0.2) is 162 Å². The van der Waals surface area contributed by atoms with Crippen LogP contribution < -0.4 is 0 Å². The minimum absolute atomic E-state index is 0.198. The molecule has 1 heteroatoms. The highest BCUT2D eigenvalue weighted by atomic mass is 16.3. The van der Waals surface area contributed by atoms with E-state index >= 15 is 0 Å². The van der Waals surface area contributed by atoms with Crippen LogP contribution in [-0.4, -0.2) is 0 Å². The lowest BCUT2D eigenvalue weighted by molar-refractivity contribution is 0.660. The third-order valence-corrected chi connectivity index (χ3v) is 10.1. The summed E-state index contributed by atoms with van der Waals surface area (Å²) in [6.45, 7) is 4.35. The Balaban J connectivity index is 1.28. The third-order valence-electron chi connectivity index (χ3n) is 10.1. The average Bonchev–Trinajstić information content (AvgIpc) is 3.70. The van der Waals surface area contributed by atoms with Gasteiger partial charge in [0, 0.05) is 16.2 Å². The largest absolute Gasteiger partial charge is 0.456 e. The molecule has 48 heavy (non-hydrogen) atoms. The van der Waals surface area contributed by atoms with Gasteiger partial charge in [0.2, 0.25) is 0 Å². The summed E-state index contributed by atoms with van der Waals surface area (Å²) >= 11 is 0. The minimum Gasteiger partial charge on any atom is -0.456 e. The van der Waals surface area contributed by atoms with Crippen LogP contribution in [0, 0.1) is 0 Å². The Labute approximate surface area is 291 Å². The molecule has 0 atom stereocenters. The summed E-state index contributed by atoms with van der Waals surface area (Å²) in [5, 5.41) is 2.80. The number of fused-ring (bicyclic) bond motifs is 8. The van der Waals surface area contributed by atoms with Gasteiger partial charge in [0.05, 0.1) is 11.0 Å². The molecule has 1 aliphatic carbocycles. The summed E-state index contributed by atoms with van der Waals surface area (Å²) in [6, 6.07) is 32.9. The molecule has 1 aromatic heterocycles. The number of furan rings is 1. The van der Waals surface area contributed by atoms with Crippen molar-refractivity contribution < 1.29 is 15.4 Å². The lowest BCUT2D eigenvalue weighted by Gasteiger charge is -2.22. The van der Waals surface area contributed by atoms with Crippen LogP contribution in [0.2, 0.25) is 0 Å². The van der Waals surface area contributed by atoms with E-state index in [-0.39, 0.29) is 51.1 Å². The number of benzene rings is 8. The summed E-state index contributed by atoms with van der Waals surface area (Å²) in [5.74, 6) is 0. The van der Waals surface area contributed by atoms with E-state index in [2.05, 4.69) is 32.0 Å². The third kappa shape index (κ3) is 3.85. The van der Waals surface area contributed by atoms with E-state index in [9.17, 15) is 5.48 Å². The fourth-order valence-electron chi connectivity index (χ4n) is 7.81. The van der Waals surface area contributed by atoms with Gasteiger partial charge in [-0.25, -0.2) is 0 Å². The van der Waals surface area contributed by atoms with Crippen LogP contribution in [0.1, 0.15) is 35.9 Å². The van der Waals surface area contributed by atoms with Gasteiger partial charge in [-0.15, -0.1) is 0 Å². The molecule has 0 aliphatic heterocycles. The number of hydrogen-bond donors (Lipinski definition) is 0. The van der Waals surface area contributed by atoms with Gasteiger partial charge < -0.3 is 4.42 Å². The monoisotopic (exact) mass is 620 g/mol. The zero-order chi connectivity index (χ0) is 38.9. The predicted octanol–water partition coefficient (Wildman–Crippen LogP) is 13.2. The molecular formula is C47H32O. The molecule has 1 nitrogen and oxygen atoms in total. The lowest BCUT2D eigenvalue weighted by atomic mass is 9.81. The van der Waals surface area contributed by atoms with Gasteiger partial charge in [-0.1, -0.05) is 147 Å². The summed E-state index contributed by atoms with van der Waals surface area (Å²) in [7, 11) is 0. The fourth-order valence-corrected chi connectivity index (χ4v) is 7.81. The molecule has 0 bridgehead atoms. The summed E-state index contributed by atoms with van der Waals surface area (Å²) in [5.41, 5.74) is 9.31. The molecule has 1 aliphatic rings. The molecule has 0 fully saturated rings. The maximum Gasteiger partial charge on any atom is 0.135 e. The lowest BCUT2D eigenvalue weighted by Crippen LogP contribution is -2.14. The molecule has 10 rings (SSSR count). The van der Waals surface area contributed by atoms with Crippen molar-refractivity contribution in [3.63, 3.8) is 0 Å². The first-order valence-corrected chi connectivity index (χ1v) is 16.1. The molecule has 9 aromatic rings. The standard InChI is InChI=1S/C47H32O/c1-47(2)41-17-9-7-11-33(41)39-28-32(23-25-42(39)47)46-37-15-5-3-13-35(37)45(36-14-4-6-16-38(36)46)30-21-19-29(20-22-30)31-24-26-44-40(27-31)34-12-8-10-18-43(34)48-44/h3-28H,1-2H3/i3D,4D,5D,6D,13D,14D,15D,16D. The van der Waals surface area contributed by atoms with E-state index in [1.807, 2.05) is 91.0 Å².